The smallest absolute Gasteiger partial charge is 0.227 e. The van der Waals surface area contributed by atoms with Crippen LogP contribution in [-0.4, -0.2) is 9.55 Å². The van der Waals surface area contributed by atoms with Crippen LogP contribution in [0.15, 0.2) is 192 Å². The van der Waals surface area contributed by atoms with Gasteiger partial charge in [-0.3, -0.25) is 0 Å². The van der Waals surface area contributed by atoms with E-state index < -0.39 is 0 Å². The van der Waals surface area contributed by atoms with Gasteiger partial charge in [0.1, 0.15) is 5.52 Å². The summed E-state index contributed by atoms with van der Waals surface area (Å²) >= 11 is 0. The number of hydrogen-bond donors (Lipinski definition) is 0. The van der Waals surface area contributed by atoms with Gasteiger partial charge in [0.05, 0.1) is 5.52 Å². The standard InChI is InChI=1S/C53H36N2O/c1-2-16-39(17-3-1)55-50-27-11-10-23-46(50)48-34-38(32-33-51(48)55)42-20-7-9-22-44(42)43-21-8-6-19-41(43)36-28-30-37(31-29-36)53-54-49-26-13-25-47(52(49)56-53)45-24-12-15-35-14-4-5-18-40(35)45/h1-10,12-26,28-34H,11,27H2. The highest BCUT2D eigenvalue weighted by Crippen LogP contribution is 2.42. The van der Waals surface area contributed by atoms with Crippen LogP contribution in [0, 0.1) is 0 Å². The van der Waals surface area contributed by atoms with Gasteiger partial charge in [-0.25, -0.2) is 4.98 Å². The molecule has 56 heavy (non-hydrogen) atoms. The first-order chi connectivity index (χ1) is 27.8. The number of nitrogens with zero attached hydrogens (tertiary/aromatic N) is 2. The Hall–Kier alpha value is -7.23. The number of aromatic nitrogens is 2. The molecule has 8 aromatic carbocycles. The summed E-state index contributed by atoms with van der Waals surface area (Å²) in [6.45, 7) is 0. The Bertz CT molecular complexity index is 3120. The van der Waals surface area contributed by atoms with Crippen molar-refractivity contribution in [3.63, 3.8) is 0 Å². The van der Waals surface area contributed by atoms with E-state index in [0.717, 1.165) is 46.2 Å². The molecule has 0 fully saturated rings. The fraction of sp³-hybridized carbons (Fsp3) is 0.0377. The molecule has 0 spiro atoms. The quantitative estimate of drug-likeness (QED) is 0.172. The van der Waals surface area contributed by atoms with Crippen LogP contribution >= 0.6 is 0 Å². The van der Waals surface area contributed by atoms with Crippen LogP contribution in [-0.2, 0) is 6.42 Å². The third-order valence-electron chi connectivity index (χ3n) is 11.3. The summed E-state index contributed by atoms with van der Waals surface area (Å²) in [6, 6.07) is 65.0. The summed E-state index contributed by atoms with van der Waals surface area (Å²) in [4.78, 5) is 4.96. The van der Waals surface area contributed by atoms with E-state index in [0.29, 0.717) is 5.89 Å². The van der Waals surface area contributed by atoms with Crippen molar-refractivity contribution in [3.8, 4) is 61.6 Å². The highest BCUT2D eigenvalue weighted by Gasteiger charge is 2.21. The van der Waals surface area contributed by atoms with Crippen LogP contribution in [0.4, 0.5) is 0 Å². The van der Waals surface area contributed by atoms with Gasteiger partial charge in [-0.2, -0.15) is 0 Å². The number of oxazole rings is 1. The Morgan fingerprint density at radius 3 is 1.93 bits per heavy atom. The van der Waals surface area contributed by atoms with Gasteiger partial charge in [-0.1, -0.05) is 152 Å². The van der Waals surface area contributed by atoms with E-state index in [9.17, 15) is 0 Å². The largest absolute Gasteiger partial charge is 0.435 e. The third-order valence-corrected chi connectivity index (χ3v) is 11.3. The molecular formula is C53H36N2O. The van der Waals surface area contributed by atoms with Crippen LogP contribution in [0.5, 0.6) is 0 Å². The van der Waals surface area contributed by atoms with Crippen molar-refractivity contribution in [1.82, 2.24) is 9.55 Å². The second-order valence-electron chi connectivity index (χ2n) is 14.6. The highest BCUT2D eigenvalue weighted by atomic mass is 16.3. The van der Waals surface area contributed by atoms with Gasteiger partial charge in [0.2, 0.25) is 5.89 Å². The van der Waals surface area contributed by atoms with E-state index in [2.05, 4.69) is 193 Å². The molecule has 0 unspecified atom stereocenters. The minimum Gasteiger partial charge on any atom is -0.435 e. The Kier molecular flexibility index (Phi) is 7.63. The predicted molar refractivity (Wildman–Crippen MR) is 233 cm³/mol. The first kappa shape index (κ1) is 32.2. The lowest BCUT2D eigenvalue weighted by Gasteiger charge is -2.15. The molecule has 0 aliphatic heterocycles. The molecule has 11 rings (SSSR count). The maximum absolute atomic E-state index is 6.57. The van der Waals surface area contributed by atoms with Gasteiger partial charge in [0.15, 0.2) is 5.58 Å². The first-order valence-corrected chi connectivity index (χ1v) is 19.4. The molecule has 0 N–H and O–H groups in total. The summed E-state index contributed by atoms with van der Waals surface area (Å²) in [7, 11) is 0. The zero-order chi connectivity index (χ0) is 37.0. The number of allylic oxidation sites excluding steroid dienone is 1. The minimum absolute atomic E-state index is 0.617. The van der Waals surface area contributed by atoms with Gasteiger partial charge in [0, 0.05) is 33.5 Å². The van der Waals surface area contributed by atoms with Gasteiger partial charge < -0.3 is 8.98 Å². The predicted octanol–water partition coefficient (Wildman–Crippen LogP) is 14.2. The third kappa shape index (κ3) is 5.32. The van der Waals surface area contributed by atoms with E-state index >= 15 is 0 Å². The maximum Gasteiger partial charge on any atom is 0.227 e. The monoisotopic (exact) mass is 716 g/mol. The molecule has 0 saturated heterocycles. The summed E-state index contributed by atoms with van der Waals surface area (Å²) in [6.07, 6.45) is 6.73. The average Bonchev–Trinajstić information content (AvgIpc) is 3.86. The van der Waals surface area contributed by atoms with Crippen molar-refractivity contribution in [2.75, 3.05) is 0 Å². The maximum atomic E-state index is 6.57. The van der Waals surface area contributed by atoms with Gasteiger partial charge in [-0.15, -0.1) is 0 Å². The van der Waals surface area contributed by atoms with E-state index in [1.165, 1.54) is 66.4 Å². The molecule has 2 heterocycles. The molecule has 0 bridgehead atoms. The number of fused-ring (bicyclic) bond motifs is 5. The Morgan fingerprint density at radius 1 is 0.482 bits per heavy atom. The second-order valence-corrected chi connectivity index (χ2v) is 14.6. The van der Waals surface area contributed by atoms with Crippen molar-refractivity contribution in [2.24, 2.45) is 0 Å². The second kappa shape index (κ2) is 13.3. The van der Waals surface area contributed by atoms with Crippen molar-refractivity contribution in [2.45, 2.75) is 12.8 Å². The molecule has 0 amide bonds. The van der Waals surface area contributed by atoms with Crippen molar-refractivity contribution in [3.05, 3.63) is 199 Å². The molecule has 10 aromatic rings. The molecule has 264 valence electrons. The normalized spacial score (nSPS) is 12.4. The zero-order valence-electron chi connectivity index (χ0n) is 30.7. The van der Waals surface area contributed by atoms with E-state index in [-0.39, 0.29) is 0 Å². The van der Waals surface area contributed by atoms with Crippen LogP contribution < -0.4 is 0 Å². The molecule has 3 nitrogen and oxygen atoms in total. The summed E-state index contributed by atoms with van der Waals surface area (Å²) in [5.74, 6) is 0.617. The molecule has 3 heteroatoms. The Morgan fingerprint density at radius 2 is 1.11 bits per heavy atom. The first-order valence-electron chi connectivity index (χ1n) is 19.4. The fourth-order valence-electron chi connectivity index (χ4n) is 8.74. The lowest BCUT2D eigenvalue weighted by Crippen LogP contribution is -2.02. The number of para-hydroxylation sites is 2. The van der Waals surface area contributed by atoms with E-state index in [4.69, 9.17) is 9.40 Å². The lowest BCUT2D eigenvalue weighted by molar-refractivity contribution is 0.621. The number of rotatable bonds is 6. The zero-order valence-corrected chi connectivity index (χ0v) is 30.7. The van der Waals surface area contributed by atoms with E-state index in [1.807, 2.05) is 6.07 Å². The van der Waals surface area contributed by atoms with Crippen LogP contribution in [0.2, 0.25) is 0 Å². The Balaban J connectivity index is 0.967. The number of hydrogen-bond acceptors (Lipinski definition) is 2. The lowest BCUT2D eigenvalue weighted by atomic mass is 9.88. The summed E-state index contributed by atoms with van der Waals surface area (Å²) in [5.41, 5.74) is 17.1. The topological polar surface area (TPSA) is 31.0 Å². The number of benzene rings is 8. The molecule has 1 aliphatic carbocycles. The molecule has 0 atom stereocenters. The van der Waals surface area contributed by atoms with Gasteiger partial charge in [-0.05, 0) is 105 Å². The van der Waals surface area contributed by atoms with Crippen molar-refractivity contribution in [1.29, 1.82) is 0 Å². The molecule has 0 radical (unpaired) electrons. The van der Waals surface area contributed by atoms with Crippen LogP contribution in [0.3, 0.4) is 0 Å². The average molecular weight is 717 g/mol. The summed E-state index contributed by atoms with van der Waals surface area (Å²) in [5, 5.41) is 3.69. The molecule has 0 saturated carbocycles. The molecular weight excluding hydrogens is 681 g/mol. The van der Waals surface area contributed by atoms with Crippen molar-refractivity contribution < 1.29 is 4.42 Å². The SMILES string of the molecule is C1=Cc2c(n(-c3ccccc3)c3ccc(-c4ccccc4-c4ccccc4-c4ccc(-c5nc6cccc(-c7cccc8ccccc78)c6o5)cc4)cc23)CC1. The van der Waals surface area contributed by atoms with Gasteiger partial charge in [0.25, 0.3) is 0 Å². The van der Waals surface area contributed by atoms with Crippen molar-refractivity contribution >= 4 is 38.9 Å². The minimum atomic E-state index is 0.617. The van der Waals surface area contributed by atoms with Gasteiger partial charge >= 0.3 is 0 Å². The molecule has 2 aromatic heterocycles. The Labute approximate surface area is 325 Å². The van der Waals surface area contributed by atoms with E-state index in [1.54, 1.807) is 0 Å². The highest BCUT2D eigenvalue weighted by molar-refractivity contribution is 6.03. The molecule has 1 aliphatic rings. The van der Waals surface area contributed by atoms with Crippen LogP contribution in [0.1, 0.15) is 17.7 Å². The summed E-state index contributed by atoms with van der Waals surface area (Å²) < 4.78 is 9.02. The fourth-order valence-corrected chi connectivity index (χ4v) is 8.74. The van der Waals surface area contributed by atoms with Crippen LogP contribution in [0.25, 0.3) is 101 Å².